The maximum atomic E-state index is 11.4. The minimum absolute atomic E-state index is 0.239. The quantitative estimate of drug-likeness (QED) is 0.827. The zero-order valence-corrected chi connectivity index (χ0v) is 10.2. The van der Waals surface area contributed by atoms with E-state index in [1.165, 1.54) is 7.11 Å². The molecule has 0 aliphatic rings. The van der Waals surface area contributed by atoms with Crippen LogP contribution in [0.4, 0.5) is 0 Å². The lowest BCUT2D eigenvalue weighted by atomic mass is 10.1. The molecule has 0 saturated carbocycles. The number of hydrogen-bond donors (Lipinski definition) is 1. The minimum atomic E-state index is -0.239. The number of H-pyrrole nitrogens is 1. The van der Waals surface area contributed by atoms with Crippen LogP contribution < -0.4 is 4.74 Å². The van der Waals surface area contributed by atoms with Gasteiger partial charge in [-0.3, -0.25) is 4.79 Å². The number of benzene rings is 1. The first kappa shape index (κ1) is 11.5. The molecule has 2 aromatic rings. The molecule has 0 spiro atoms. The Hall–Kier alpha value is -1.97. The van der Waals surface area contributed by atoms with Crippen LogP contribution in [-0.2, 0) is 16.0 Å². The molecule has 0 radical (unpaired) electrons. The van der Waals surface area contributed by atoms with Crippen LogP contribution in [0.25, 0.3) is 10.9 Å². The van der Waals surface area contributed by atoms with Crippen molar-refractivity contribution in [1.29, 1.82) is 0 Å². The predicted molar refractivity (Wildman–Crippen MR) is 65.3 cm³/mol. The second-order valence-corrected chi connectivity index (χ2v) is 3.86. The van der Waals surface area contributed by atoms with Gasteiger partial charge in [0.05, 0.1) is 26.2 Å². The Morgan fingerprint density at radius 2 is 2.12 bits per heavy atom. The number of para-hydroxylation sites is 1. The molecule has 1 aromatic heterocycles. The van der Waals surface area contributed by atoms with Gasteiger partial charge in [0.15, 0.2) is 0 Å². The largest absolute Gasteiger partial charge is 0.495 e. The van der Waals surface area contributed by atoms with Gasteiger partial charge in [-0.15, -0.1) is 0 Å². The number of aryl methyl sites for hydroxylation is 1. The van der Waals surface area contributed by atoms with Crippen molar-refractivity contribution in [3.63, 3.8) is 0 Å². The van der Waals surface area contributed by atoms with Crippen LogP contribution in [0.1, 0.15) is 11.3 Å². The highest BCUT2D eigenvalue weighted by Gasteiger charge is 2.14. The monoisotopic (exact) mass is 233 g/mol. The van der Waals surface area contributed by atoms with Crippen LogP contribution in [-0.4, -0.2) is 25.2 Å². The molecular formula is C13H15NO3. The van der Waals surface area contributed by atoms with E-state index in [0.29, 0.717) is 0 Å². The number of hydrogen-bond acceptors (Lipinski definition) is 3. The van der Waals surface area contributed by atoms with Crippen LogP contribution in [0.5, 0.6) is 5.75 Å². The van der Waals surface area contributed by atoms with Gasteiger partial charge >= 0.3 is 5.97 Å². The number of esters is 1. The second kappa shape index (κ2) is 4.49. The molecular weight excluding hydrogens is 218 g/mol. The molecule has 1 N–H and O–H groups in total. The molecule has 4 nitrogen and oxygen atoms in total. The Bertz CT molecular complexity index is 557. The maximum absolute atomic E-state index is 11.4. The fourth-order valence-corrected chi connectivity index (χ4v) is 1.99. The Morgan fingerprint density at radius 1 is 1.35 bits per heavy atom. The van der Waals surface area contributed by atoms with E-state index in [1.807, 2.05) is 25.1 Å². The van der Waals surface area contributed by atoms with Gasteiger partial charge < -0.3 is 14.5 Å². The number of methoxy groups -OCH3 is 2. The van der Waals surface area contributed by atoms with E-state index in [2.05, 4.69) is 4.98 Å². The minimum Gasteiger partial charge on any atom is -0.495 e. The topological polar surface area (TPSA) is 51.3 Å². The highest BCUT2D eigenvalue weighted by atomic mass is 16.5. The Labute approximate surface area is 99.5 Å². The molecule has 0 amide bonds. The van der Waals surface area contributed by atoms with Crippen molar-refractivity contribution in [3.8, 4) is 5.75 Å². The number of aromatic nitrogens is 1. The summed E-state index contributed by atoms with van der Waals surface area (Å²) >= 11 is 0. The van der Waals surface area contributed by atoms with E-state index < -0.39 is 0 Å². The van der Waals surface area contributed by atoms with Crippen molar-refractivity contribution in [2.75, 3.05) is 14.2 Å². The molecule has 0 bridgehead atoms. The van der Waals surface area contributed by atoms with Crippen molar-refractivity contribution in [3.05, 3.63) is 29.5 Å². The molecule has 90 valence electrons. The first-order valence-corrected chi connectivity index (χ1v) is 5.38. The van der Waals surface area contributed by atoms with Crippen molar-refractivity contribution >= 4 is 16.9 Å². The van der Waals surface area contributed by atoms with Crippen LogP contribution in [0, 0.1) is 6.92 Å². The third kappa shape index (κ3) is 1.98. The standard InChI is InChI=1S/C13H15NO3/c1-8-10(7-12(15)17-3)9-5-4-6-11(16-2)13(9)14-8/h4-6,14H,7H2,1-3H3. The van der Waals surface area contributed by atoms with Crippen molar-refractivity contribution in [2.24, 2.45) is 0 Å². The number of ether oxygens (including phenoxy) is 2. The van der Waals surface area contributed by atoms with E-state index >= 15 is 0 Å². The molecule has 2 rings (SSSR count). The van der Waals surface area contributed by atoms with Gasteiger partial charge in [-0.25, -0.2) is 0 Å². The zero-order chi connectivity index (χ0) is 12.4. The van der Waals surface area contributed by atoms with Gasteiger partial charge in [0.1, 0.15) is 5.75 Å². The van der Waals surface area contributed by atoms with Crippen molar-refractivity contribution in [2.45, 2.75) is 13.3 Å². The number of carbonyl (C=O) groups is 1. The molecule has 1 aromatic carbocycles. The van der Waals surface area contributed by atoms with Crippen LogP contribution in [0.15, 0.2) is 18.2 Å². The Kier molecular flexibility index (Phi) is 3.04. The summed E-state index contributed by atoms with van der Waals surface area (Å²) in [5.41, 5.74) is 2.85. The summed E-state index contributed by atoms with van der Waals surface area (Å²) in [6, 6.07) is 5.77. The summed E-state index contributed by atoms with van der Waals surface area (Å²) in [6.45, 7) is 1.94. The maximum Gasteiger partial charge on any atom is 0.310 e. The van der Waals surface area contributed by atoms with Gasteiger partial charge in [-0.05, 0) is 18.6 Å². The van der Waals surface area contributed by atoms with E-state index in [9.17, 15) is 4.79 Å². The summed E-state index contributed by atoms with van der Waals surface area (Å²) in [5.74, 6) is 0.540. The average molecular weight is 233 g/mol. The van der Waals surface area contributed by atoms with Crippen molar-refractivity contribution in [1.82, 2.24) is 4.98 Å². The summed E-state index contributed by atoms with van der Waals surface area (Å²) in [5, 5.41) is 1.01. The first-order chi connectivity index (χ1) is 8.17. The number of aromatic amines is 1. The van der Waals surface area contributed by atoms with E-state index in [0.717, 1.165) is 27.9 Å². The van der Waals surface area contributed by atoms with Gasteiger partial charge in [-0.2, -0.15) is 0 Å². The summed E-state index contributed by atoms with van der Waals surface area (Å²) < 4.78 is 9.98. The summed E-state index contributed by atoms with van der Waals surface area (Å²) in [7, 11) is 3.03. The van der Waals surface area contributed by atoms with Crippen LogP contribution >= 0.6 is 0 Å². The van der Waals surface area contributed by atoms with Gasteiger partial charge in [0.2, 0.25) is 0 Å². The number of nitrogens with one attached hydrogen (secondary N) is 1. The molecule has 17 heavy (non-hydrogen) atoms. The fraction of sp³-hybridized carbons (Fsp3) is 0.308. The fourth-order valence-electron chi connectivity index (χ4n) is 1.99. The molecule has 0 fully saturated rings. The van der Waals surface area contributed by atoms with E-state index in [1.54, 1.807) is 7.11 Å². The molecule has 4 heteroatoms. The number of rotatable bonds is 3. The zero-order valence-electron chi connectivity index (χ0n) is 10.2. The number of fused-ring (bicyclic) bond motifs is 1. The number of carbonyl (C=O) groups excluding carboxylic acids is 1. The molecule has 0 saturated heterocycles. The average Bonchev–Trinajstić information content (AvgIpc) is 2.66. The highest BCUT2D eigenvalue weighted by Crippen LogP contribution is 2.29. The Morgan fingerprint density at radius 3 is 2.76 bits per heavy atom. The van der Waals surface area contributed by atoms with Gasteiger partial charge in [-0.1, -0.05) is 12.1 Å². The summed E-state index contributed by atoms with van der Waals surface area (Å²) in [4.78, 5) is 14.6. The van der Waals surface area contributed by atoms with Gasteiger partial charge in [0, 0.05) is 11.1 Å². The van der Waals surface area contributed by atoms with Crippen LogP contribution in [0.2, 0.25) is 0 Å². The lowest BCUT2D eigenvalue weighted by molar-refractivity contribution is -0.139. The Balaban J connectivity index is 2.56. The van der Waals surface area contributed by atoms with E-state index in [4.69, 9.17) is 9.47 Å². The normalized spacial score (nSPS) is 10.5. The smallest absolute Gasteiger partial charge is 0.310 e. The molecule has 1 heterocycles. The molecule has 0 unspecified atom stereocenters. The first-order valence-electron chi connectivity index (χ1n) is 5.38. The van der Waals surface area contributed by atoms with Crippen molar-refractivity contribution < 1.29 is 14.3 Å². The third-order valence-corrected chi connectivity index (χ3v) is 2.89. The lowest BCUT2D eigenvalue weighted by Gasteiger charge is -2.02. The molecule has 0 aliphatic carbocycles. The lowest BCUT2D eigenvalue weighted by Crippen LogP contribution is -2.04. The predicted octanol–water partition coefficient (Wildman–Crippen LogP) is 2.20. The SMILES string of the molecule is COC(=O)Cc1c(C)[nH]c2c(OC)cccc12. The molecule has 0 aliphatic heterocycles. The van der Waals surface area contributed by atoms with E-state index in [-0.39, 0.29) is 12.4 Å². The highest BCUT2D eigenvalue weighted by molar-refractivity contribution is 5.92. The summed E-state index contributed by atoms with van der Waals surface area (Å²) in [6.07, 6.45) is 0.273. The van der Waals surface area contributed by atoms with Gasteiger partial charge in [0.25, 0.3) is 0 Å². The van der Waals surface area contributed by atoms with Crippen LogP contribution in [0.3, 0.4) is 0 Å². The third-order valence-electron chi connectivity index (χ3n) is 2.89. The molecule has 0 atom stereocenters. The second-order valence-electron chi connectivity index (χ2n) is 3.86.